The van der Waals surface area contributed by atoms with Crippen molar-refractivity contribution >= 4 is 32.3 Å². The summed E-state index contributed by atoms with van der Waals surface area (Å²) in [7, 11) is -3.62. The molecular formula is C15H15NO4S2. The number of benzene rings is 1. The topological polar surface area (TPSA) is 79.5 Å². The number of furan rings is 1. The van der Waals surface area contributed by atoms with E-state index < -0.39 is 15.6 Å². The molecule has 2 N–H and O–H groups in total. The maximum absolute atomic E-state index is 12.1. The summed E-state index contributed by atoms with van der Waals surface area (Å²) in [6.07, 6.45) is 0. The van der Waals surface area contributed by atoms with Gasteiger partial charge in [0, 0.05) is 11.9 Å². The van der Waals surface area contributed by atoms with Crippen molar-refractivity contribution in [3.63, 3.8) is 0 Å². The Morgan fingerprint density at radius 2 is 2.05 bits per heavy atom. The summed E-state index contributed by atoms with van der Waals surface area (Å²) in [6.45, 7) is 1.34. The van der Waals surface area contributed by atoms with Gasteiger partial charge in [0.05, 0.1) is 0 Å². The Kier molecular flexibility index (Phi) is 3.82. The van der Waals surface area contributed by atoms with Gasteiger partial charge in [-0.2, -0.15) is 0 Å². The molecule has 22 heavy (non-hydrogen) atoms. The normalized spacial score (nSPS) is 15.0. The third kappa shape index (κ3) is 2.93. The number of thiophene rings is 1. The van der Waals surface area contributed by atoms with Crippen molar-refractivity contribution in [2.45, 2.75) is 16.7 Å². The van der Waals surface area contributed by atoms with E-state index in [-0.39, 0.29) is 10.8 Å². The molecule has 1 atom stereocenters. The van der Waals surface area contributed by atoms with Crippen LogP contribution in [0.1, 0.15) is 12.7 Å². The summed E-state index contributed by atoms with van der Waals surface area (Å²) in [5, 5.41) is 13.1. The smallest absolute Gasteiger partial charge is 0.250 e. The summed E-state index contributed by atoms with van der Waals surface area (Å²) in [6, 6.07) is 12.3. The lowest BCUT2D eigenvalue weighted by molar-refractivity contribution is 0.0412. The zero-order valence-electron chi connectivity index (χ0n) is 11.8. The highest BCUT2D eigenvalue weighted by Crippen LogP contribution is 2.28. The van der Waals surface area contributed by atoms with Crippen LogP contribution in [0.3, 0.4) is 0 Å². The van der Waals surface area contributed by atoms with Crippen molar-refractivity contribution in [3.05, 3.63) is 53.6 Å². The van der Waals surface area contributed by atoms with E-state index in [0.29, 0.717) is 11.3 Å². The molecule has 116 valence electrons. The Morgan fingerprint density at radius 3 is 2.73 bits per heavy atom. The first kappa shape index (κ1) is 15.2. The second-order valence-corrected chi connectivity index (χ2v) is 8.12. The molecule has 3 aromatic rings. The number of para-hydroxylation sites is 1. The summed E-state index contributed by atoms with van der Waals surface area (Å²) >= 11 is 1.12. The second-order valence-electron chi connectivity index (χ2n) is 5.18. The van der Waals surface area contributed by atoms with E-state index in [1.807, 2.05) is 18.2 Å². The van der Waals surface area contributed by atoms with Gasteiger partial charge in [0.25, 0.3) is 0 Å². The van der Waals surface area contributed by atoms with Crippen LogP contribution >= 0.6 is 11.3 Å². The van der Waals surface area contributed by atoms with E-state index in [2.05, 4.69) is 4.72 Å². The first-order valence-electron chi connectivity index (χ1n) is 6.63. The highest BCUT2D eigenvalue weighted by atomic mass is 32.2. The summed E-state index contributed by atoms with van der Waals surface area (Å²) in [5.41, 5.74) is -0.789. The average molecular weight is 337 g/mol. The van der Waals surface area contributed by atoms with Gasteiger partial charge >= 0.3 is 0 Å². The average Bonchev–Trinajstić information content (AvgIpc) is 3.14. The molecule has 0 aliphatic carbocycles. The lowest BCUT2D eigenvalue weighted by Gasteiger charge is -2.20. The van der Waals surface area contributed by atoms with E-state index in [9.17, 15) is 13.5 Å². The molecule has 5 nitrogen and oxygen atoms in total. The molecule has 1 aromatic carbocycles. The number of hydrogen-bond acceptors (Lipinski definition) is 5. The van der Waals surface area contributed by atoms with Crippen molar-refractivity contribution in [1.29, 1.82) is 0 Å². The minimum absolute atomic E-state index is 0.174. The Balaban J connectivity index is 1.81. The largest absolute Gasteiger partial charge is 0.458 e. The summed E-state index contributed by atoms with van der Waals surface area (Å²) in [5.74, 6) is 0.322. The highest BCUT2D eigenvalue weighted by Gasteiger charge is 2.30. The molecule has 0 saturated carbocycles. The van der Waals surface area contributed by atoms with E-state index in [1.165, 1.54) is 13.0 Å². The highest BCUT2D eigenvalue weighted by molar-refractivity contribution is 7.91. The van der Waals surface area contributed by atoms with E-state index >= 15 is 0 Å². The fourth-order valence-electron chi connectivity index (χ4n) is 2.06. The Labute approximate surface area is 132 Å². The lowest BCUT2D eigenvalue weighted by Crippen LogP contribution is -2.38. The molecule has 0 aliphatic heterocycles. The van der Waals surface area contributed by atoms with Gasteiger partial charge in [0.1, 0.15) is 21.2 Å². The van der Waals surface area contributed by atoms with Gasteiger partial charge in [-0.1, -0.05) is 24.3 Å². The molecule has 0 radical (unpaired) electrons. The first-order chi connectivity index (χ1) is 10.4. The van der Waals surface area contributed by atoms with Crippen LogP contribution < -0.4 is 4.72 Å². The molecule has 3 rings (SSSR count). The van der Waals surface area contributed by atoms with Gasteiger partial charge in [0.15, 0.2) is 0 Å². The Morgan fingerprint density at radius 1 is 1.27 bits per heavy atom. The lowest BCUT2D eigenvalue weighted by atomic mass is 10.0. The number of fused-ring (bicyclic) bond motifs is 1. The molecule has 0 spiro atoms. The number of aliphatic hydroxyl groups is 1. The third-order valence-corrected chi connectivity index (χ3v) is 6.12. The van der Waals surface area contributed by atoms with Gasteiger partial charge in [-0.15, -0.1) is 11.3 Å². The van der Waals surface area contributed by atoms with Crippen LogP contribution in [0.2, 0.25) is 0 Å². The molecule has 0 aliphatic rings. The van der Waals surface area contributed by atoms with Crippen molar-refractivity contribution in [1.82, 2.24) is 4.72 Å². The van der Waals surface area contributed by atoms with Gasteiger partial charge in [-0.3, -0.25) is 0 Å². The van der Waals surface area contributed by atoms with Gasteiger partial charge in [-0.25, -0.2) is 13.1 Å². The maximum Gasteiger partial charge on any atom is 0.250 e. The predicted molar refractivity (Wildman–Crippen MR) is 85.3 cm³/mol. The minimum atomic E-state index is -3.62. The van der Waals surface area contributed by atoms with E-state index in [4.69, 9.17) is 4.42 Å². The van der Waals surface area contributed by atoms with Crippen LogP contribution in [-0.2, 0) is 15.6 Å². The van der Waals surface area contributed by atoms with Gasteiger partial charge in [0.2, 0.25) is 10.0 Å². The van der Waals surface area contributed by atoms with Crippen molar-refractivity contribution in [2.75, 3.05) is 6.54 Å². The Bertz CT molecular complexity index is 846. The third-order valence-electron chi connectivity index (χ3n) is 3.32. The molecule has 7 heteroatoms. The minimum Gasteiger partial charge on any atom is -0.458 e. The van der Waals surface area contributed by atoms with Crippen molar-refractivity contribution in [2.24, 2.45) is 0 Å². The molecule has 0 amide bonds. The standard InChI is InChI=1S/C15H15NO4S2/c1-15(17,10-16-22(18,19)14-7-4-8-21-14)13-9-11-5-2-3-6-12(11)20-13/h2-9,16-17H,10H2,1H3/t15-/m0/s1. The number of rotatable bonds is 5. The van der Waals surface area contributed by atoms with Crippen molar-refractivity contribution < 1.29 is 17.9 Å². The zero-order valence-corrected chi connectivity index (χ0v) is 13.4. The number of hydrogen-bond donors (Lipinski definition) is 2. The van der Waals surface area contributed by atoms with Gasteiger partial charge in [-0.05, 0) is 30.5 Å². The zero-order chi connectivity index (χ0) is 15.8. The first-order valence-corrected chi connectivity index (χ1v) is 8.99. The van der Waals surface area contributed by atoms with Crippen LogP contribution in [-0.4, -0.2) is 20.1 Å². The summed E-state index contributed by atoms with van der Waals surface area (Å²) < 4.78 is 32.4. The van der Waals surface area contributed by atoms with Crippen LogP contribution in [0, 0.1) is 0 Å². The molecule has 0 fully saturated rings. The monoisotopic (exact) mass is 337 g/mol. The fourth-order valence-corrected chi connectivity index (χ4v) is 4.23. The molecule has 0 bridgehead atoms. The van der Waals surface area contributed by atoms with Gasteiger partial charge < -0.3 is 9.52 Å². The second kappa shape index (κ2) is 5.51. The van der Waals surface area contributed by atoms with E-state index in [1.54, 1.807) is 23.6 Å². The number of nitrogens with one attached hydrogen (secondary N) is 1. The van der Waals surface area contributed by atoms with E-state index in [0.717, 1.165) is 16.7 Å². The predicted octanol–water partition coefficient (Wildman–Crippen LogP) is 2.68. The van der Waals surface area contributed by atoms with Crippen LogP contribution in [0.25, 0.3) is 11.0 Å². The quantitative estimate of drug-likeness (QED) is 0.750. The Hall–Kier alpha value is -1.67. The van der Waals surface area contributed by atoms with Crippen LogP contribution in [0.4, 0.5) is 0 Å². The number of sulfonamides is 1. The molecule has 2 heterocycles. The fraction of sp³-hybridized carbons (Fsp3) is 0.200. The molecule has 0 unspecified atom stereocenters. The maximum atomic E-state index is 12.1. The van der Waals surface area contributed by atoms with Crippen LogP contribution in [0.5, 0.6) is 0 Å². The summed E-state index contributed by atoms with van der Waals surface area (Å²) in [4.78, 5) is 0. The SMILES string of the molecule is C[C@](O)(CNS(=O)(=O)c1cccs1)c1cc2ccccc2o1. The molecule has 2 aromatic heterocycles. The van der Waals surface area contributed by atoms with Crippen molar-refractivity contribution in [3.8, 4) is 0 Å². The van der Waals surface area contributed by atoms with Crippen LogP contribution in [0.15, 0.2) is 56.5 Å². The molecule has 0 saturated heterocycles. The molecular weight excluding hydrogens is 322 g/mol.